The van der Waals surface area contributed by atoms with Crippen molar-refractivity contribution in [2.75, 3.05) is 0 Å². The van der Waals surface area contributed by atoms with Crippen LogP contribution in [0.15, 0.2) is 0 Å². The highest BCUT2D eigenvalue weighted by Crippen LogP contribution is 2.39. The molecule has 0 rings (SSSR count). The van der Waals surface area contributed by atoms with Gasteiger partial charge in [-0.25, -0.2) is 0 Å². The Morgan fingerprint density at radius 3 is 1.83 bits per heavy atom. The summed E-state index contributed by atoms with van der Waals surface area (Å²) in [4.78, 5) is 0. The van der Waals surface area contributed by atoms with E-state index in [2.05, 4.69) is 62.3 Å². The van der Waals surface area contributed by atoms with Crippen molar-refractivity contribution >= 4 is 0 Å². The van der Waals surface area contributed by atoms with Gasteiger partial charge in [0.05, 0.1) is 0 Å². The number of hydrogen-bond donors (Lipinski definition) is 0. The molecule has 0 saturated carbocycles. The second kappa shape index (κ2) is 11.5. The third-order valence-electron chi connectivity index (χ3n) is 7.09. The van der Waals surface area contributed by atoms with Gasteiger partial charge in [0.15, 0.2) is 0 Å². The number of unbranched alkanes of at least 4 members (excludes halogenated alkanes) is 1. The molecule has 140 valence electrons. The highest BCUT2D eigenvalue weighted by molar-refractivity contribution is 4.80. The Balaban J connectivity index is 4.52. The van der Waals surface area contributed by atoms with Gasteiger partial charge in [0.1, 0.15) is 0 Å². The fourth-order valence-electron chi connectivity index (χ4n) is 4.39. The van der Waals surface area contributed by atoms with Gasteiger partial charge in [-0.3, -0.25) is 0 Å². The van der Waals surface area contributed by atoms with Crippen LogP contribution in [0.4, 0.5) is 0 Å². The van der Waals surface area contributed by atoms with Crippen LogP contribution in [0.2, 0.25) is 0 Å². The highest BCUT2D eigenvalue weighted by atomic mass is 14.3. The Hall–Kier alpha value is 0. The first-order valence-electron chi connectivity index (χ1n) is 10.7. The second-order valence-corrected chi connectivity index (χ2v) is 9.24. The summed E-state index contributed by atoms with van der Waals surface area (Å²) in [5.74, 6) is 4.37. The lowest BCUT2D eigenvalue weighted by atomic mass is 9.69. The first-order valence-corrected chi connectivity index (χ1v) is 10.7. The molecule has 0 nitrogen and oxygen atoms in total. The van der Waals surface area contributed by atoms with Gasteiger partial charge >= 0.3 is 0 Å². The van der Waals surface area contributed by atoms with Gasteiger partial charge in [-0.05, 0) is 47.8 Å². The van der Waals surface area contributed by atoms with Crippen LogP contribution in [-0.2, 0) is 0 Å². The molecule has 0 aromatic rings. The largest absolute Gasteiger partial charge is 0.0654 e. The van der Waals surface area contributed by atoms with Gasteiger partial charge in [0.25, 0.3) is 0 Å². The lowest BCUT2D eigenvalue weighted by molar-refractivity contribution is 0.138. The van der Waals surface area contributed by atoms with Crippen molar-refractivity contribution in [1.29, 1.82) is 0 Å². The lowest BCUT2D eigenvalue weighted by Gasteiger charge is -2.36. The molecule has 0 aliphatic rings. The SMILES string of the molecule is CCCCC(C)C(C)(C)CCC(C)C(C)C(CC)C(C)CCC. The monoisotopic (exact) mass is 324 g/mol. The maximum atomic E-state index is 2.53. The van der Waals surface area contributed by atoms with Crippen molar-refractivity contribution < 1.29 is 0 Å². The first kappa shape index (κ1) is 23.0. The van der Waals surface area contributed by atoms with Gasteiger partial charge in [-0.1, -0.05) is 101 Å². The number of hydrogen-bond acceptors (Lipinski definition) is 0. The summed E-state index contributed by atoms with van der Waals surface area (Å²) < 4.78 is 0. The summed E-state index contributed by atoms with van der Waals surface area (Å²) in [6.45, 7) is 22.0. The zero-order chi connectivity index (χ0) is 18.0. The van der Waals surface area contributed by atoms with Gasteiger partial charge < -0.3 is 0 Å². The van der Waals surface area contributed by atoms with Crippen molar-refractivity contribution in [3.63, 3.8) is 0 Å². The van der Waals surface area contributed by atoms with E-state index in [1.54, 1.807) is 0 Å². The molecular weight excluding hydrogens is 276 g/mol. The summed E-state index contributed by atoms with van der Waals surface area (Å²) >= 11 is 0. The van der Waals surface area contributed by atoms with Crippen molar-refractivity contribution in [2.24, 2.45) is 35.0 Å². The van der Waals surface area contributed by atoms with Gasteiger partial charge in [-0.2, -0.15) is 0 Å². The quantitative estimate of drug-likeness (QED) is 0.319. The maximum absolute atomic E-state index is 2.53. The average molecular weight is 325 g/mol. The molecule has 0 spiro atoms. The molecule has 0 aromatic carbocycles. The topological polar surface area (TPSA) is 0 Å². The zero-order valence-electron chi connectivity index (χ0n) is 18.0. The predicted molar refractivity (Wildman–Crippen MR) is 108 cm³/mol. The molecule has 5 unspecified atom stereocenters. The van der Waals surface area contributed by atoms with Crippen LogP contribution in [0, 0.1) is 35.0 Å². The van der Waals surface area contributed by atoms with E-state index >= 15 is 0 Å². The van der Waals surface area contributed by atoms with Gasteiger partial charge in [0.2, 0.25) is 0 Å². The van der Waals surface area contributed by atoms with E-state index in [9.17, 15) is 0 Å². The highest BCUT2D eigenvalue weighted by Gasteiger charge is 2.29. The molecule has 0 heteroatoms. The Labute approximate surface area is 149 Å². The summed E-state index contributed by atoms with van der Waals surface area (Å²) in [5, 5.41) is 0. The minimum absolute atomic E-state index is 0.500. The van der Waals surface area contributed by atoms with Crippen LogP contribution in [0.1, 0.15) is 114 Å². The molecule has 0 bridgehead atoms. The normalized spacial score (nSPS) is 19.2. The third kappa shape index (κ3) is 8.08. The Kier molecular flexibility index (Phi) is 11.5. The van der Waals surface area contributed by atoms with Crippen LogP contribution in [0.3, 0.4) is 0 Å². The molecule has 0 aliphatic carbocycles. The van der Waals surface area contributed by atoms with Gasteiger partial charge in [-0.15, -0.1) is 0 Å². The second-order valence-electron chi connectivity index (χ2n) is 9.24. The van der Waals surface area contributed by atoms with E-state index in [0.29, 0.717) is 5.41 Å². The fourth-order valence-corrected chi connectivity index (χ4v) is 4.39. The molecule has 0 heterocycles. The molecule has 0 aromatic heterocycles. The van der Waals surface area contributed by atoms with Crippen molar-refractivity contribution in [2.45, 2.75) is 114 Å². The zero-order valence-corrected chi connectivity index (χ0v) is 18.0. The Morgan fingerprint density at radius 1 is 0.739 bits per heavy atom. The minimum atomic E-state index is 0.500. The van der Waals surface area contributed by atoms with Crippen molar-refractivity contribution in [3.05, 3.63) is 0 Å². The lowest BCUT2D eigenvalue weighted by Crippen LogP contribution is -2.27. The van der Waals surface area contributed by atoms with Crippen molar-refractivity contribution in [1.82, 2.24) is 0 Å². The molecule has 0 N–H and O–H groups in total. The van der Waals surface area contributed by atoms with E-state index in [0.717, 1.165) is 29.6 Å². The molecule has 0 amide bonds. The van der Waals surface area contributed by atoms with Crippen LogP contribution in [0.5, 0.6) is 0 Å². The standard InChI is InChI=1S/C23H48/c1-10-13-15-20(6)23(8,9)17-16-18(4)21(7)22(12-3)19(5)14-11-2/h18-22H,10-17H2,1-9H3. The van der Waals surface area contributed by atoms with Crippen molar-refractivity contribution in [3.8, 4) is 0 Å². The van der Waals surface area contributed by atoms with E-state index < -0.39 is 0 Å². The summed E-state index contributed by atoms with van der Waals surface area (Å²) in [7, 11) is 0. The molecule has 0 aliphatic heterocycles. The van der Waals surface area contributed by atoms with Crippen LogP contribution in [0.25, 0.3) is 0 Å². The summed E-state index contributed by atoms with van der Waals surface area (Å²) in [5.41, 5.74) is 0.500. The van der Waals surface area contributed by atoms with E-state index in [4.69, 9.17) is 0 Å². The van der Waals surface area contributed by atoms with Crippen LogP contribution >= 0.6 is 0 Å². The van der Waals surface area contributed by atoms with E-state index in [1.807, 2.05) is 0 Å². The average Bonchev–Trinajstić information content (AvgIpc) is 2.50. The molecule has 5 atom stereocenters. The fraction of sp³-hybridized carbons (Fsp3) is 1.00. The van der Waals surface area contributed by atoms with Crippen LogP contribution < -0.4 is 0 Å². The minimum Gasteiger partial charge on any atom is -0.0654 e. The first-order chi connectivity index (χ1) is 10.7. The predicted octanol–water partition coefficient (Wildman–Crippen LogP) is 8.35. The molecule has 0 radical (unpaired) electrons. The Morgan fingerprint density at radius 2 is 1.35 bits per heavy atom. The maximum Gasteiger partial charge on any atom is -0.0328 e. The smallest absolute Gasteiger partial charge is 0.0328 e. The summed E-state index contributed by atoms with van der Waals surface area (Å²) in [6, 6.07) is 0. The number of rotatable bonds is 13. The van der Waals surface area contributed by atoms with E-state index in [-0.39, 0.29) is 0 Å². The third-order valence-corrected chi connectivity index (χ3v) is 7.09. The van der Waals surface area contributed by atoms with Gasteiger partial charge in [0, 0.05) is 0 Å². The summed E-state index contributed by atoms with van der Waals surface area (Å²) in [6.07, 6.45) is 11.0. The molecule has 0 saturated heterocycles. The molecule has 0 fully saturated rings. The van der Waals surface area contributed by atoms with Crippen LogP contribution in [-0.4, -0.2) is 0 Å². The molecular formula is C23H48. The molecule has 23 heavy (non-hydrogen) atoms. The Bertz CT molecular complexity index is 278. The van der Waals surface area contributed by atoms with E-state index in [1.165, 1.54) is 51.4 Å².